The van der Waals surface area contributed by atoms with Gasteiger partial charge in [-0.2, -0.15) is 9.64 Å². The van der Waals surface area contributed by atoms with Crippen LogP contribution < -0.4 is 5.32 Å². The standard InChI is InChI=1S/C12H14N4O3S/c1-7-8(5-13)9(20-15-7)14-11(19)16-4-3-12(2,6-16)10(17)18/h3-4,6H2,1-2H3,(H,14,19)(H,17,18). The Kier molecular flexibility index (Phi) is 3.63. The van der Waals surface area contributed by atoms with E-state index in [9.17, 15) is 9.59 Å². The van der Waals surface area contributed by atoms with Gasteiger partial charge in [0.15, 0.2) is 0 Å². The molecule has 1 aliphatic heterocycles. The summed E-state index contributed by atoms with van der Waals surface area (Å²) in [5.74, 6) is -0.904. The minimum Gasteiger partial charge on any atom is -0.481 e. The van der Waals surface area contributed by atoms with Crippen molar-refractivity contribution >= 4 is 28.5 Å². The number of aliphatic carboxylic acids is 1. The minimum absolute atomic E-state index is 0.161. The predicted molar refractivity (Wildman–Crippen MR) is 72.5 cm³/mol. The van der Waals surface area contributed by atoms with Crippen molar-refractivity contribution in [2.75, 3.05) is 18.4 Å². The van der Waals surface area contributed by atoms with E-state index in [0.717, 1.165) is 11.5 Å². The van der Waals surface area contributed by atoms with E-state index in [-0.39, 0.29) is 6.54 Å². The lowest BCUT2D eigenvalue weighted by Gasteiger charge is -2.20. The minimum atomic E-state index is -0.904. The van der Waals surface area contributed by atoms with E-state index in [1.165, 1.54) is 4.90 Å². The molecule has 7 nitrogen and oxygen atoms in total. The first kappa shape index (κ1) is 14.3. The van der Waals surface area contributed by atoms with E-state index in [1.807, 2.05) is 6.07 Å². The van der Waals surface area contributed by atoms with Gasteiger partial charge in [0.2, 0.25) is 0 Å². The van der Waals surface area contributed by atoms with Gasteiger partial charge in [-0.1, -0.05) is 0 Å². The molecule has 0 spiro atoms. The van der Waals surface area contributed by atoms with Gasteiger partial charge >= 0.3 is 12.0 Å². The van der Waals surface area contributed by atoms with Gasteiger partial charge in [-0.25, -0.2) is 4.79 Å². The summed E-state index contributed by atoms with van der Waals surface area (Å²) in [5.41, 5.74) is 0.0204. The van der Waals surface area contributed by atoms with Gasteiger partial charge in [0.25, 0.3) is 0 Å². The van der Waals surface area contributed by atoms with Crippen LogP contribution in [0.25, 0.3) is 0 Å². The van der Waals surface area contributed by atoms with Crippen LogP contribution in [-0.2, 0) is 4.79 Å². The van der Waals surface area contributed by atoms with E-state index in [2.05, 4.69) is 9.69 Å². The van der Waals surface area contributed by atoms with E-state index >= 15 is 0 Å². The lowest BCUT2D eigenvalue weighted by molar-refractivity contribution is -0.146. The number of carboxylic acid groups (broad SMARTS) is 1. The molecule has 0 aliphatic carbocycles. The van der Waals surface area contributed by atoms with Crippen molar-refractivity contribution in [3.63, 3.8) is 0 Å². The second-order valence-electron chi connectivity index (χ2n) is 5.05. The maximum absolute atomic E-state index is 12.1. The molecular weight excluding hydrogens is 280 g/mol. The quantitative estimate of drug-likeness (QED) is 0.862. The SMILES string of the molecule is Cc1nsc(NC(=O)N2CCC(C)(C(=O)O)C2)c1C#N. The van der Waals surface area contributed by atoms with Crippen LogP contribution in [0.3, 0.4) is 0 Å². The van der Waals surface area contributed by atoms with Crippen molar-refractivity contribution in [3.8, 4) is 6.07 Å². The van der Waals surface area contributed by atoms with Gasteiger partial charge < -0.3 is 10.0 Å². The summed E-state index contributed by atoms with van der Waals surface area (Å²) in [7, 11) is 0. The molecule has 0 aromatic carbocycles. The number of hydrogen-bond donors (Lipinski definition) is 2. The van der Waals surface area contributed by atoms with Crippen LogP contribution in [-0.4, -0.2) is 39.5 Å². The van der Waals surface area contributed by atoms with E-state index in [0.29, 0.717) is 29.2 Å². The fourth-order valence-electron chi connectivity index (χ4n) is 2.07. The van der Waals surface area contributed by atoms with Gasteiger partial charge in [0.1, 0.15) is 16.6 Å². The predicted octanol–water partition coefficient (Wildman–Crippen LogP) is 1.65. The first-order chi connectivity index (χ1) is 9.37. The Bertz CT molecular complexity index is 606. The fraction of sp³-hybridized carbons (Fsp3) is 0.500. The Morgan fingerprint density at radius 2 is 2.30 bits per heavy atom. The van der Waals surface area contributed by atoms with Crippen LogP contribution in [0.15, 0.2) is 0 Å². The normalized spacial score (nSPS) is 21.6. The smallest absolute Gasteiger partial charge is 0.322 e. The Hall–Kier alpha value is -2.14. The molecule has 2 N–H and O–H groups in total. The molecule has 2 amide bonds. The highest BCUT2D eigenvalue weighted by molar-refractivity contribution is 7.10. The van der Waals surface area contributed by atoms with Gasteiger partial charge in [0, 0.05) is 13.1 Å². The van der Waals surface area contributed by atoms with Crippen molar-refractivity contribution in [2.24, 2.45) is 5.41 Å². The summed E-state index contributed by atoms with van der Waals surface area (Å²) < 4.78 is 4.02. The molecule has 1 unspecified atom stereocenters. The van der Waals surface area contributed by atoms with Crippen molar-refractivity contribution in [3.05, 3.63) is 11.3 Å². The number of carbonyl (C=O) groups excluding carboxylic acids is 1. The van der Waals surface area contributed by atoms with Crippen LogP contribution in [0, 0.1) is 23.7 Å². The average Bonchev–Trinajstić information content (AvgIpc) is 2.94. The third-order valence-corrected chi connectivity index (χ3v) is 4.33. The molecule has 1 aromatic heterocycles. The molecule has 1 saturated heterocycles. The molecule has 20 heavy (non-hydrogen) atoms. The van der Waals surface area contributed by atoms with Crippen LogP contribution in [0.2, 0.25) is 0 Å². The summed E-state index contributed by atoms with van der Waals surface area (Å²) in [6.45, 7) is 3.87. The number of rotatable bonds is 2. The molecular formula is C12H14N4O3S. The lowest BCUT2D eigenvalue weighted by atomic mass is 9.90. The van der Waals surface area contributed by atoms with Gasteiger partial charge in [-0.15, -0.1) is 0 Å². The van der Waals surface area contributed by atoms with Crippen molar-refractivity contribution < 1.29 is 14.7 Å². The van der Waals surface area contributed by atoms with Gasteiger partial charge in [-0.3, -0.25) is 10.1 Å². The molecule has 1 atom stereocenters. The highest BCUT2D eigenvalue weighted by Crippen LogP contribution is 2.31. The van der Waals surface area contributed by atoms with Crippen molar-refractivity contribution in [1.82, 2.24) is 9.27 Å². The number of aryl methyl sites for hydroxylation is 1. The number of nitrogens with one attached hydrogen (secondary N) is 1. The zero-order valence-corrected chi connectivity index (χ0v) is 12.0. The number of carbonyl (C=O) groups is 2. The number of urea groups is 1. The number of amides is 2. The van der Waals surface area contributed by atoms with Crippen molar-refractivity contribution in [1.29, 1.82) is 5.26 Å². The molecule has 0 radical (unpaired) electrons. The van der Waals surface area contributed by atoms with Crippen LogP contribution in [0.1, 0.15) is 24.6 Å². The molecule has 2 heterocycles. The number of carboxylic acids is 1. The Morgan fingerprint density at radius 1 is 1.60 bits per heavy atom. The maximum atomic E-state index is 12.1. The Labute approximate surface area is 120 Å². The Morgan fingerprint density at radius 3 is 2.85 bits per heavy atom. The molecule has 0 bridgehead atoms. The zero-order valence-electron chi connectivity index (χ0n) is 11.1. The molecule has 1 aromatic rings. The first-order valence-electron chi connectivity index (χ1n) is 6.03. The highest BCUT2D eigenvalue weighted by Gasteiger charge is 2.42. The molecule has 1 fully saturated rings. The molecule has 8 heteroatoms. The average molecular weight is 294 g/mol. The van der Waals surface area contributed by atoms with Crippen LogP contribution in [0.4, 0.5) is 9.80 Å². The lowest BCUT2D eigenvalue weighted by Crippen LogP contribution is -2.37. The Balaban J connectivity index is 2.07. The highest BCUT2D eigenvalue weighted by atomic mass is 32.1. The van der Waals surface area contributed by atoms with Crippen LogP contribution in [0.5, 0.6) is 0 Å². The van der Waals surface area contributed by atoms with Crippen molar-refractivity contribution in [2.45, 2.75) is 20.3 Å². The molecule has 106 valence electrons. The number of anilines is 1. The summed E-state index contributed by atoms with van der Waals surface area (Å²) in [4.78, 5) is 24.7. The molecule has 0 saturated carbocycles. The fourth-order valence-corrected chi connectivity index (χ4v) is 2.81. The first-order valence-corrected chi connectivity index (χ1v) is 6.80. The topological polar surface area (TPSA) is 106 Å². The third kappa shape index (κ3) is 2.44. The number of nitrogens with zero attached hydrogens (tertiary/aromatic N) is 3. The molecule has 2 rings (SSSR count). The largest absolute Gasteiger partial charge is 0.481 e. The number of aromatic nitrogens is 1. The number of nitriles is 1. The zero-order chi connectivity index (χ0) is 14.9. The third-order valence-electron chi connectivity index (χ3n) is 3.47. The molecule has 1 aliphatic rings. The second kappa shape index (κ2) is 5.09. The van der Waals surface area contributed by atoms with Gasteiger partial charge in [0.05, 0.1) is 11.1 Å². The van der Waals surface area contributed by atoms with E-state index in [1.54, 1.807) is 13.8 Å². The number of hydrogen-bond acceptors (Lipinski definition) is 5. The summed E-state index contributed by atoms with van der Waals surface area (Å²) in [6.07, 6.45) is 0.419. The summed E-state index contributed by atoms with van der Waals surface area (Å²) >= 11 is 1.05. The summed E-state index contributed by atoms with van der Waals surface area (Å²) in [6, 6.07) is 1.60. The van der Waals surface area contributed by atoms with E-state index in [4.69, 9.17) is 10.4 Å². The number of likely N-dealkylation sites (tertiary alicyclic amines) is 1. The van der Waals surface area contributed by atoms with Gasteiger partial charge in [-0.05, 0) is 31.8 Å². The summed E-state index contributed by atoms with van der Waals surface area (Å²) in [5, 5.41) is 21.2. The van der Waals surface area contributed by atoms with E-state index < -0.39 is 17.4 Å². The monoisotopic (exact) mass is 294 g/mol. The van der Waals surface area contributed by atoms with Crippen LogP contribution >= 0.6 is 11.5 Å². The maximum Gasteiger partial charge on any atom is 0.322 e. The second-order valence-corrected chi connectivity index (χ2v) is 5.82.